The molecule has 1 saturated carbocycles. The summed E-state index contributed by atoms with van der Waals surface area (Å²) in [5.74, 6) is -0.137. The molecule has 1 aromatic rings. The van der Waals surface area contributed by atoms with Gasteiger partial charge in [0, 0.05) is 6.07 Å². The molecule has 0 spiro atoms. The first-order chi connectivity index (χ1) is 9.13. The Balaban J connectivity index is 2.17. The first-order valence-corrected chi connectivity index (χ1v) is 6.30. The van der Waals surface area contributed by atoms with Gasteiger partial charge in [0.15, 0.2) is 0 Å². The van der Waals surface area contributed by atoms with Crippen LogP contribution in [0.4, 0.5) is 11.4 Å². The quantitative estimate of drug-likeness (QED) is 0.484. The number of nitro benzene ring substituents is 1. The summed E-state index contributed by atoms with van der Waals surface area (Å²) in [5, 5.41) is 13.9. The summed E-state index contributed by atoms with van der Waals surface area (Å²) < 4.78 is 5.01. The molecule has 0 bridgehead atoms. The topological polar surface area (TPSA) is 81.5 Å². The summed E-state index contributed by atoms with van der Waals surface area (Å²) in [7, 11) is 0. The minimum absolute atomic E-state index is 0.0301. The number of hydrogen-bond donors (Lipinski definition) is 1. The van der Waals surface area contributed by atoms with Gasteiger partial charge in [-0.2, -0.15) is 0 Å². The van der Waals surface area contributed by atoms with Crippen molar-refractivity contribution < 1.29 is 14.5 Å². The molecule has 0 amide bonds. The van der Waals surface area contributed by atoms with E-state index in [9.17, 15) is 14.9 Å². The molecule has 1 atom stereocenters. The van der Waals surface area contributed by atoms with Crippen molar-refractivity contribution in [2.45, 2.75) is 25.8 Å². The van der Waals surface area contributed by atoms with E-state index >= 15 is 0 Å². The van der Waals surface area contributed by atoms with Crippen LogP contribution in [-0.2, 0) is 9.53 Å². The van der Waals surface area contributed by atoms with E-state index in [0.717, 1.165) is 12.8 Å². The molecule has 1 fully saturated rings. The molecule has 0 aliphatic heterocycles. The monoisotopic (exact) mass is 264 g/mol. The minimum Gasteiger partial charge on any atom is -0.464 e. The Hall–Kier alpha value is -2.11. The minimum atomic E-state index is -0.499. The van der Waals surface area contributed by atoms with E-state index in [1.807, 2.05) is 0 Å². The zero-order valence-corrected chi connectivity index (χ0v) is 10.7. The van der Waals surface area contributed by atoms with Crippen molar-refractivity contribution in [2.75, 3.05) is 11.9 Å². The first kappa shape index (κ1) is 13.3. The van der Waals surface area contributed by atoms with Crippen LogP contribution in [0.1, 0.15) is 19.8 Å². The highest BCUT2D eigenvalue weighted by Crippen LogP contribution is 2.36. The molecule has 1 aromatic carbocycles. The molecular formula is C13H16N2O4. The lowest BCUT2D eigenvalue weighted by molar-refractivity contribution is -0.384. The third-order valence-corrected chi connectivity index (χ3v) is 3.05. The lowest BCUT2D eigenvalue weighted by Crippen LogP contribution is -2.33. The number of carbonyl (C=O) groups is 1. The van der Waals surface area contributed by atoms with Crippen molar-refractivity contribution in [2.24, 2.45) is 5.92 Å². The Morgan fingerprint density at radius 2 is 2.21 bits per heavy atom. The maximum absolute atomic E-state index is 11.9. The predicted molar refractivity (Wildman–Crippen MR) is 69.9 cm³/mol. The molecule has 0 aromatic heterocycles. The number of carbonyl (C=O) groups excluding carboxylic acids is 1. The molecule has 0 saturated heterocycles. The fourth-order valence-electron chi connectivity index (χ4n) is 1.95. The Labute approximate surface area is 110 Å². The number of anilines is 1. The van der Waals surface area contributed by atoms with Crippen molar-refractivity contribution in [3.8, 4) is 0 Å². The van der Waals surface area contributed by atoms with Gasteiger partial charge in [-0.25, -0.2) is 4.79 Å². The third kappa shape index (κ3) is 3.21. The lowest BCUT2D eigenvalue weighted by atomic mass is 10.1. The van der Waals surface area contributed by atoms with Crippen LogP contribution in [0.15, 0.2) is 24.3 Å². The second-order valence-electron chi connectivity index (χ2n) is 4.49. The Morgan fingerprint density at radius 1 is 1.53 bits per heavy atom. The summed E-state index contributed by atoms with van der Waals surface area (Å²) >= 11 is 0. The average Bonchev–Trinajstić information content (AvgIpc) is 3.20. The molecule has 1 unspecified atom stereocenters. The molecule has 102 valence electrons. The molecule has 0 heterocycles. The number of nitrogens with one attached hydrogen (secondary N) is 1. The van der Waals surface area contributed by atoms with Crippen molar-refractivity contribution in [3.05, 3.63) is 34.4 Å². The number of para-hydroxylation sites is 2. The van der Waals surface area contributed by atoms with E-state index in [2.05, 4.69) is 5.32 Å². The standard InChI is InChI=1S/C13H16N2O4/c1-2-19-13(16)12(9-7-8-9)14-10-5-3-4-6-11(10)15(17)18/h3-6,9,12,14H,2,7-8H2,1H3. The Kier molecular flexibility index (Phi) is 3.99. The Bertz CT molecular complexity index is 485. The summed E-state index contributed by atoms with van der Waals surface area (Å²) in [6.07, 6.45) is 1.88. The zero-order chi connectivity index (χ0) is 13.8. The van der Waals surface area contributed by atoms with E-state index in [-0.39, 0.29) is 17.6 Å². The third-order valence-electron chi connectivity index (χ3n) is 3.05. The van der Waals surface area contributed by atoms with Crippen LogP contribution in [-0.4, -0.2) is 23.5 Å². The number of esters is 1. The van der Waals surface area contributed by atoms with Crippen LogP contribution in [0.5, 0.6) is 0 Å². The second kappa shape index (κ2) is 5.69. The normalized spacial score (nSPS) is 15.6. The van der Waals surface area contributed by atoms with Gasteiger partial charge in [-0.1, -0.05) is 12.1 Å². The first-order valence-electron chi connectivity index (χ1n) is 6.30. The smallest absolute Gasteiger partial charge is 0.328 e. The second-order valence-corrected chi connectivity index (χ2v) is 4.49. The molecular weight excluding hydrogens is 248 g/mol. The maximum atomic E-state index is 11.9. The van der Waals surface area contributed by atoms with E-state index in [4.69, 9.17) is 4.74 Å². The van der Waals surface area contributed by atoms with Gasteiger partial charge < -0.3 is 10.1 Å². The predicted octanol–water partition coefficient (Wildman–Crippen LogP) is 2.35. The van der Waals surface area contributed by atoms with Crippen molar-refractivity contribution in [1.82, 2.24) is 0 Å². The van der Waals surface area contributed by atoms with Gasteiger partial charge in [0.05, 0.1) is 11.5 Å². The van der Waals surface area contributed by atoms with Crippen LogP contribution in [0, 0.1) is 16.0 Å². The van der Waals surface area contributed by atoms with Gasteiger partial charge in [-0.15, -0.1) is 0 Å². The number of rotatable bonds is 6. The van der Waals surface area contributed by atoms with Gasteiger partial charge in [-0.05, 0) is 31.7 Å². The van der Waals surface area contributed by atoms with E-state index in [1.165, 1.54) is 6.07 Å². The fourth-order valence-corrected chi connectivity index (χ4v) is 1.95. The largest absolute Gasteiger partial charge is 0.464 e. The summed E-state index contributed by atoms with van der Waals surface area (Å²) in [5.41, 5.74) is 0.329. The SMILES string of the molecule is CCOC(=O)C(Nc1ccccc1[N+](=O)[O-])C1CC1. The van der Waals surface area contributed by atoms with E-state index in [1.54, 1.807) is 25.1 Å². The molecule has 1 aliphatic rings. The number of benzene rings is 1. The van der Waals surface area contributed by atoms with E-state index < -0.39 is 11.0 Å². The van der Waals surface area contributed by atoms with Crippen LogP contribution < -0.4 is 5.32 Å². The average molecular weight is 264 g/mol. The van der Waals surface area contributed by atoms with Gasteiger partial charge in [0.2, 0.25) is 0 Å². The number of nitrogens with zero attached hydrogens (tertiary/aromatic N) is 1. The summed E-state index contributed by atoms with van der Waals surface area (Å²) in [4.78, 5) is 22.3. The highest BCUT2D eigenvalue weighted by Gasteiger charge is 2.38. The van der Waals surface area contributed by atoms with Crippen LogP contribution in [0.2, 0.25) is 0 Å². The molecule has 6 heteroatoms. The molecule has 1 aliphatic carbocycles. The van der Waals surface area contributed by atoms with Gasteiger partial charge in [-0.3, -0.25) is 10.1 Å². The number of hydrogen-bond acceptors (Lipinski definition) is 5. The molecule has 19 heavy (non-hydrogen) atoms. The molecule has 6 nitrogen and oxygen atoms in total. The maximum Gasteiger partial charge on any atom is 0.328 e. The van der Waals surface area contributed by atoms with Gasteiger partial charge in [0.1, 0.15) is 11.7 Å². The van der Waals surface area contributed by atoms with Crippen molar-refractivity contribution in [3.63, 3.8) is 0 Å². The highest BCUT2D eigenvalue weighted by molar-refractivity contribution is 5.81. The summed E-state index contributed by atoms with van der Waals surface area (Å²) in [6.45, 7) is 2.05. The molecule has 1 N–H and O–H groups in total. The van der Waals surface area contributed by atoms with Crippen LogP contribution >= 0.6 is 0 Å². The summed E-state index contributed by atoms with van der Waals surface area (Å²) in [6, 6.07) is 5.81. The van der Waals surface area contributed by atoms with E-state index in [0.29, 0.717) is 12.3 Å². The number of nitro groups is 1. The molecule has 2 rings (SSSR count). The lowest BCUT2D eigenvalue weighted by Gasteiger charge is -2.17. The highest BCUT2D eigenvalue weighted by atomic mass is 16.6. The van der Waals surface area contributed by atoms with Crippen LogP contribution in [0.25, 0.3) is 0 Å². The van der Waals surface area contributed by atoms with Crippen molar-refractivity contribution >= 4 is 17.3 Å². The molecule has 0 radical (unpaired) electrons. The number of ether oxygens (including phenoxy) is 1. The fraction of sp³-hybridized carbons (Fsp3) is 0.462. The zero-order valence-electron chi connectivity index (χ0n) is 10.7. The van der Waals surface area contributed by atoms with Gasteiger partial charge >= 0.3 is 5.97 Å². The van der Waals surface area contributed by atoms with Gasteiger partial charge in [0.25, 0.3) is 5.69 Å². The Morgan fingerprint density at radius 3 is 2.79 bits per heavy atom. The van der Waals surface area contributed by atoms with Crippen molar-refractivity contribution in [1.29, 1.82) is 0 Å². The van der Waals surface area contributed by atoms with Crippen LogP contribution in [0.3, 0.4) is 0 Å².